The lowest BCUT2D eigenvalue weighted by Gasteiger charge is -2.25. The molecular weight excluding hydrogens is 175 g/mol. The maximum Gasteiger partial charge on any atom is 0.374 e. The van der Waals surface area contributed by atoms with E-state index >= 15 is 0 Å². The van der Waals surface area contributed by atoms with Crippen molar-refractivity contribution in [2.45, 2.75) is 4.74 Å². The van der Waals surface area contributed by atoms with Crippen LogP contribution < -0.4 is 11.5 Å². The predicted octanol–water partition coefficient (Wildman–Crippen LogP) is -0.0692. The second-order valence-electron chi connectivity index (χ2n) is 1.65. The zero-order chi connectivity index (χ0) is 8.41. The van der Waals surface area contributed by atoms with Gasteiger partial charge in [-0.05, 0) is 0 Å². The number of hydrogen-bond donors (Lipinski definition) is 3. The molecule has 0 fully saturated rings. The third-order valence-corrected chi connectivity index (χ3v) is 3.49. The number of nitrogens with two attached hydrogens (primary N) is 2. The molecule has 0 aliphatic heterocycles. The van der Waals surface area contributed by atoms with Crippen molar-refractivity contribution in [1.29, 1.82) is 0 Å². The van der Waals surface area contributed by atoms with E-state index < -0.39 is 12.3 Å². The third-order valence-electron chi connectivity index (χ3n) is 0.919. The molecule has 0 rings (SSSR count). The van der Waals surface area contributed by atoms with Crippen molar-refractivity contribution >= 4 is 20.2 Å². The van der Waals surface area contributed by atoms with Gasteiger partial charge in [-0.25, -0.2) is 0 Å². The fraction of sp³-hybridized carbons (Fsp3) is 1.00. The minimum atomic E-state index is -3.45. The average molecular weight is 186 g/mol. The second kappa shape index (κ2) is 3.21. The number of thiol groups is 1. The van der Waals surface area contributed by atoms with E-state index in [4.69, 9.17) is 11.5 Å². The van der Waals surface area contributed by atoms with E-state index in [-0.39, 0.29) is 0 Å². The van der Waals surface area contributed by atoms with Gasteiger partial charge in [0.15, 0.2) is 0 Å². The summed E-state index contributed by atoms with van der Waals surface area (Å²) in [5.74, 6) is 0. The highest BCUT2D eigenvalue weighted by molar-refractivity contribution is 7.91. The zero-order valence-corrected chi connectivity index (χ0v) is 7.56. The maximum absolute atomic E-state index is 11.2. The molecule has 0 atom stereocenters. The molecule has 0 aromatic rings. The molecule has 10 heavy (non-hydrogen) atoms. The molecule has 62 valence electrons. The summed E-state index contributed by atoms with van der Waals surface area (Å²) in [7, 11) is -1.07. The Morgan fingerprint density at radius 1 is 1.40 bits per heavy atom. The van der Waals surface area contributed by atoms with E-state index in [1.54, 1.807) is 0 Å². The van der Waals surface area contributed by atoms with Crippen molar-refractivity contribution in [2.24, 2.45) is 11.5 Å². The normalized spacial score (nSPS) is 13.7. The summed E-state index contributed by atoms with van der Waals surface area (Å²) in [6.45, 7) is 0. The van der Waals surface area contributed by atoms with Crippen LogP contribution in [0.25, 0.3) is 0 Å². The Balaban J connectivity index is 4.51. The van der Waals surface area contributed by atoms with Crippen molar-refractivity contribution in [1.82, 2.24) is 0 Å². The maximum atomic E-state index is 11.2. The minimum Gasteiger partial charge on any atom is -0.309 e. The van der Waals surface area contributed by atoms with Crippen LogP contribution >= 0.6 is 20.2 Å². The summed E-state index contributed by atoms with van der Waals surface area (Å²) in [6, 6.07) is 0. The molecule has 4 N–H and O–H groups in total. The van der Waals surface area contributed by atoms with Crippen LogP contribution in [0.1, 0.15) is 0 Å². The molecule has 7 heteroatoms. The lowest BCUT2D eigenvalue weighted by molar-refractivity contribution is 0.262. The van der Waals surface area contributed by atoms with E-state index in [1.165, 1.54) is 14.2 Å². The van der Waals surface area contributed by atoms with Gasteiger partial charge in [0.05, 0.1) is 0 Å². The van der Waals surface area contributed by atoms with Crippen molar-refractivity contribution in [2.75, 3.05) is 14.2 Å². The van der Waals surface area contributed by atoms with Gasteiger partial charge in [0.1, 0.15) is 0 Å². The van der Waals surface area contributed by atoms with Crippen LogP contribution in [0.2, 0.25) is 0 Å². The topological polar surface area (TPSA) is 87.6 Å². The molecule has 0 aliphatic rings. The highest BCUT2D eigenvalue weighted by Gasteiger charge is 2.40. The van der Waals surface area contributed by atoms with Gasteiger partial charge in [-0.15, -0.1) is 12.6 Å². The number of rotatable bonds is 3. The fourth-order valence-corrected chi connectivity index (χ4v) is 1.59. The average Bonchev–Trinajstić information content (AvgIpc) is 1.84. The molecular formula is C3H11N2O3PS. The summed E-state index contributed by atoms with van der Waals surface area (Å²) in [5.41, 5.74) is 10.3. The van der Waals surface area contributed by atoms with Crippen LogP contribution in [0, 0.1) is 0 Å². The highest BCUT2D eigenvalue weighted by Crippen LogP contribution is 2.55. The number of hydrogen-bond acceptors (Lipinski definition) is 6. The van der Waals surface area contributed by atoms with Crippen molar-refractivity contribution in [3.8, 4) is 0 Å². The lowest BCUT2D eigenvalue weighted by Crippen LogP contribution is -2.43. The van der Waals surface area contributed by atoms with Crippen LogP contribution in [-0.4, -0.2) is 19.0 Å². The first-order chi connectivity index (χ1) is 4.37. The summed E-state index contributed by atoms with van der Waals surface area (Å²) in [4.78, 5) is 0. The van der Waals surface area contributed by atoms with E-state index in [0.717, 1.165) is 0 Å². The quantitative estimate of drug-likeness (QED) is 0.326. The predicted molar refractivity (Wildman–Crippen MR) is 41.7 cm³/mol. The molecule has 0 aromatic carbocycles. The monoisotopic (exact) mass is 186 g/mol. The van der Waals surface area contributed by atoms with Gasteiger partial charge < -0.3 is 9.05 Å². The Morgan fingerprint density at radius 2 is 1.70 bits per heavy atom. The van der Waals surface area contributed by atoms with E-state index in [0.29, 0.717) is 0 Å². The van der Waals surface area contributed by atoms with E-state index in [1.807, 2.05) is 0 Å². The summed E-state index contributed by atoms with van der Waals surface area (Å²) < 4.78 is 18.4. The first kappa shape index (κ1) is 10.4. The molecule has 0 unspecified atom stereocenters. The molecule has 0 amide bonds. The van der Waals surface area contributed by atoms with Gasteiger partial charge in [-0.1, -0.05) is 0 Å². The summed E-state index contributed by atoms with van der Waals surface area (Å²) >= 11 is 3.64. The summed E-state index contributed by atoms with van der Waals surface area (Å²) in [6.07, 6.45) is 0. The molecule has 0 bridgehead atoms. The van der Waals surface area contributed by atoms with Crippen molar-refractivity contribution in [3.63, 3.8) is 0 Å². The molecule has 0 spiro atoms. The smallest absolute Gasteiger partial charge is 0.309 e. The Bertz CT molecular complexity index is 148. The summed E-state index contributed by atoms with van der Waals surface area (Å²) in [5, 5.41) is 0. The van der Waals surface area contributed by atoms with Gasteiger partial charge in [0.2, 0.25) is 4.74 Å². The highest BCUT2D eigenvalue weighted by atomic mass is 32.1. The fourth-order valence-electron chi connectivity index (χ4n) is 0.367. The standard InChI is InChI=1S/C3H11N2O3PS/c1-7-9(6,8-2)3(4,5)10/h10H,4-5H2,1-2H3. The van der Waals surface area contributed by atoms with Gasteiger partial charge >= 0.3 is 7.60 Å². The van der Waals surface area contributed by atoms with E-state index in [2.05, 4.69) is 21.7 Å². The first-order valence-corrected chi connectivity index (χ1v) is 4.38. The lowest BCUT2D eigenvalue weighted by atomic mass is 11.2. The van der Waals surface area contributed by atoms with Crippen LogP contribution in [0.15, 0.2) is 0 Å². The SMILES string of the molecule is COP(=O)(OC)C(N)(N)S. The Hall–Kier alpha value is 0.420. The minimum absolute atomic E-state index is 1.19. The molecule has 0 aliphatic carbocycles. The Morgan fingerprint density at radius 3 is 1.70 bits per heavy atom. The molecule has 0 saturated heterocycles. The van der Waals surface area contributed by atoms with Gasteiger partial charge in [0, 0.05) is 14.2 Å². The van der Waals surface area contributed by atoms with Gasteiger partial charge in [0.25, 0.3) is 0 Å². The van der Waals surface area contributed by atoms with Crippen LogP contribution in [0.3, 0.4) is 0 Å². The third kappa shape index (κ3) is 1.95. The molecule has 5 nitrogen and oxygen atoms in total. The second-order valence-corrected chi connectivity index (χ2v) is 5.20. The molecule has 0 aromatic heterocycles. The van der Waals surface area contributed by atoms with Gasteiger partial charge in [-0.2, -0.15) is 0 Å². The zero-order valence-electron chi connectivity index (χ0n) is 5.77. The van der Waals surface area contributed by atoms with Gasteiger partial charge in [-0.3, -0.25) is 16.0 Å². The van der Waals surface area contributed by atoms with E-state index in [9.17, 15) is 4.57 Å². The molecule has 0 radical (unpaired) electrons. The Labute approximate surface area is 65.0 Å². The van der Waals surface area contributed by atoms with Crippen molar-refractivity contribution in [3.05, 3.63) is 0 Å². The van der Waals surface area contributed by atoms with Crippen molar-refractivity contribution < 1.29 is 13.6 Å². The first-order valence-electron chi connectivity index (χ1n) is 2.39. The van der Waals surface area contributed by atoms with Crippen LogP contribution in [-0.2, 0) is 13.6 Å². The van der Waals surface area contributed by atoms with Crippen LogP contribution in [0.5, 0.6) is 0 Å². The molecule has 0 heterocycles. The van der Waals surface area contributed by atoms with Crippen LogP contribution in [0.4, 0.5) is 0 Å². The molecule has 0 saturated carbocycles. The Kier molecular flexibility index (Phi) is 3.35. The largest absolute Gasteiger partial charge is 0.374 e.